The quantitative estimate of drug-likeness (QED) is 0.626. The van der Waals surface area contributed by atoms with Gasteiger partial charge in [0.25, 0.3) is 5.91 Å². The molecule has 178 valence electrons. The van der Waals surface area contributed by atoms with Crippen molar-refractivity contribution in [2.75, 3.05) is 19.7 Å². The number of rotatable bonds is 8. The minimum Gasteiger partial charge on any atom is -0.483 e. The number of carbonyl (C=O) groups excluding carboxylic acids is 2. The van der Waals surface area contributed by atoms with E-state index in [4.69, 9.17) is 16.3 Å². The Balaban J connectivity index is 1.58. The molecule has 1 aliphatic heterocycles. The van der Waals surface area contributed by atoms with Crippen LogP contribution in [-0.2, 0) is 22.7 Å². The second kappa shape index (κ2) is 11.5. The first-order valence-corrected chi connectivity index (χ1v) is 11.6. The maximum Gasteiger partial charge on any atom is 0.260 e. The van der Waals surface area contributed by atoms with Crippen LogP contribution in [-0.4, -0.2) is 53.4 Å². The fourth-order valence-electron chi connectivity index (χ4n) is 3.96. The van der Waals surface area contributed by atoms with Crippen LogP contribution in [0, 0.1) is 5.82 Å². The molecule has 0 saturated carbocycles. The van der Waals surface area contributed by atoms with E-state index in [1.54, 1.807) is 37.3 Å². The number of piperazine rings is 1. The molecule has 2 amide bonds. The number of carbonyl (C=O) groups is 2. The average Bonchev–Trinajstić information content (AvgIpc) is 2.80. The van der Waals surface area contributed by atoms with E-state index in [0.717, 1.165) is 17.7 Å². The number of halogens is 2. The Morgan fingerprint density at radius 1 is 1.12 bits per heavy atom. The fraction of sp³-hybridized carbons (Fsp3) is 0.440. The molecule has 2 unspecified atom stereocenters. The first-order valence-electron chi connectivity index (χ1n) is 11.2. The number of nitrogens with zero attached hydrogens (tertiary/aromatic N) is 2. The van der Waals surface area contributed by atoms with Crippen molar-refractivity contribution in [3.05, 3.63) is 64.4 Å². The second-order valence-corrected chi connectivity index (χ2v) is 8.91. The van der Waals surface area contributed by atoms with Gasteiger partial charge in [0.05, 0.1) is 0 Å². The van der Waals surface area contributed by atoms with Crippen LogP contribution in [0.1, 0.15) is 38.3 Å². The summed E-state index contributed by atoms with van der Waals surface area (Å²) < 4.78 is 19.0. The standard InChI is InChI=1S/C25H31ClFN3O3/c1-4-24(31)28-12-20-11-21(26)7-10-23(20)33-16-25(32)30-14-17(2)29(13-18(30)3)15-19-5-8-22(27)9-6-19/h5-11,17-18H,4,12-16H2,1-3H3,(H,28,31). The molecule has 0 aromatic heterocycles. The summed E-state index contributed by atoms with van der Waals surface area (Å²) in [7, 11) is 0. The van der Waals surface area contributed by atoms with Crippen molar-refractivity contribution in [2.45, 2.75) is 52.4 Å². The fourth-order valence-corrected chi connectivity index (χ4v) is 4.15. The molecular formula is C25H31ClFN3O3. The highest BCUT2D eigenvalue weighted by atomic mass is 35.5. The van der Waals surface area contributed by atoms with Crippen molar-refractivity contribution in [1.82, 2.24) is 15.1 Å². The third-order valence-corrected chi connectivity index (χ3v) is 6.14. The van der Waals surface area contributed by atoms with Gasteiger partial charge in [-0.3, -0.25) is 14.5 Å². The lowest BCUT2D eigenvalue weighted by Gasteiger charge is -2.44. The van der Waals surface area contributed by atoms with Gasteiger partial charge in [-0.1, -0.05) is 30.7 Å². The largest absolute Gasteiger partial charge is 0.483 e. The predicted molar refractivity (Wildman–Crippen MR) is 127 cm³/mol. The molecule has 6 nitrogen and oxygen atoms in total. The van der Waals surface area contributed by atoms with Crippen molar-refractivity contribution in [3.63, 3.8) is 0 Å². The first kappa shape index (κ1) is 25.0. The Kier molecular flexibility index (Phi) is 8.69. The van der Waals surface area contributed by atoms with Gasteiger partial charge in [-0.05, 0) is 49.7 Å². The van der Waals surface area contributed by atoms with Gasteiger partial charge in [0.1, 0.15) is 11.6 Å². The maximum absolute atomic E-state index is 13.2. The van der Waals surface area contributed by atoms with E-state index in [0.29, 0.717) is 30.3 Å². The molecule has 1 saturated heterocycles. The number of ether oxygens (including phenoxy) is 1. The van der Waals surface area contributed by atoms with E-state index < -0.39 is 0 Å². The summed E-state index contributed by atoms with van der Waals surface area (Å²) in [5, 5.41) is 3.34. The summed E-state index contributed by atoms with van der Waals surface area (Å²) in [6.07, 6.45) is 0.387. The summed E-state index contributed by atoms with van der Waals surface area (Å²) in [4.78, 5) is 28.7. The molecule has 33 heavy (non-hydrogen) atoms. The first-order chi connectivity index (χ1) is 15.8. The molecule has 0 aliphatic carbocycles. The lowest BCUT2D eigenvalue weighted by Crippen LogP contribution is -2.58. The summed E-state index contributed by atoms with van der Waals surface area (Å²) in [5.41, 5.74) is 1.77. The minimum atomic E-state index is -0.243. The molecule has 8 heteroatoms. The molecule has 1 N–H and O–H groups in total. The van der Waals surface area contributed by atoms with Crippen LogP contribution < -0.4 is 10.1 Å². The minimum absolute atomic E-state index is 0.0197. The predicted octanol–water partition coefficient (Wildman–Crippen LogP) is 4.01. The number of hydrogen-bond acceptors (Lipinski definition) is 4. The van der Waals surface area contributed by atoms with Crippen LogP contribution in [0.25, 0.3) is 0 Å². The van der Waals surface area contributed by atoms with Crippen molar-refractivity contribution in [2.24, 2.45) is 0 Å². The van der Waals surface area contributed by atoms with Gasteiger partial charge < -0.3 is 15.0 Å². The van der Waals surface area contributed by atoms with Crippen LogP contribution >= 0.6 is 11.6 Å². The van der Waals surface area contributed by atoms with E-state index >= 15 is 0 Å². The molecule has 1 fully saturated rings. The summed E-state index contributed by atoms with van der Waals surface area (Å²) >= 11 is 6.10. The summed E-state index contributed by atoms with van der Waals surface area (Å²) in [5.74, 6) is 0.125. The number of nitrogens with one attached hydrogen (secondary N) is 1. The summed E-state index contributed by atoms with van der Waals surface area (Å²) in [6.45, 7) is 8.11. The molecule has 0 radical (unpaired) electrons. The van der Waals surface area contributed by atoms with Gasteiger partial charge in [0.2, 0.25) is 5.91 Å². The highest BCUT2D eigenvalue weighted by Gasteiger charge is 2.32. The van der Waals surface area contributed by atoms with Crippen molar-refractivity contribution >= 4 is 23.4 Å². The topological polar surface area (TPSA) is 61.9 Å². The third kappa shape index (κ3) is 6.92. The highest BCUT2D eigenvalue weighted by Crippen LogP contribution is 2.24. The number of benzene rings is 2. The monoisotopic (exact) mass is 475 g/mol. The molecule has 1 heterocycles. The zero-order valence-electron chi connectivity index (χ0n) is 19.3. The zero-order chi connectivity index (χ0) is 24.0. The average molecular weight is 476 g/mol. The Morgan fingerprint density at radius 2 is 1.85 bits per heavy atom. The van der Waals surface area contributed by atoms with E-state index in [2.05, 4.69) is 17.1 Å². The van der Waals surface area contributed by atoms with Crippen LogP contribution in [0.15, 0.2) is 42.5 Å². The number of amides is 2. The van der Waals surface area contributed by atoms with E-state index in [-0.39, 0.29) is 42.9 Å². The molecule has 0 bridgehead atoms. The van der Waals surface area contributed by atoms with Crippen LogP contribution in [0.5, 0.6) is 5.75 Å². The lowest BCUT2D eigenvalue weighted by atomic mass is 10.1. The maximum atomic E-state index is 13.2. The van der Waals surface area contributed by atoms with Crippen LogP contribution in [0.4, 0.5) is 4.39 Å². The molecule has 3 rings (SSSR count). The molecule has 1 aliphatic rings. The van der Waals surface area contributed by atoms with Gasteiger partial charge in [-0.25, -0.2) is 4.39 Å². The van der Waals surface area contributed by atoms with E-state index in [1.165, 1.54) is 12.1 Å². The third-order valence-electron chi connectivity index (χ3n) is 5.91. The molecular weight excluding hydrogens is 445 g/mol. The van der Waals surface area contributed by atoms with Gasteiger partial charge >= 0.3 is 0 Å². The Morgan fingerprint density at radius 3 is 2.55 bits per heavy atom. The van der Waals surface area contributed by atoms with Gasteiger partial charge in [0, 0.05) is 55.3 Å². The van der Waals surface area contributed by atoms with Crippen molar-refractivity contribution < 1.29 is 18.7 Å². The SMILES string of the molecule is CCC(=O)NCc1cc(Cl)ccc1OCC(=O)N1CC(C)N(Cc2ccc(F)cc2)CC1C. The van der Waals surface area contributed by atoms with E-state index in [1.807, 2.05) is 11.8 Å². The zero-order valence-corrected chi connectivity index (χ0v) is 20.1. The summed E-state index contributed by atoms with van der Waals surface area (Å²) in [6, 6.07) is 11.9. The molecule has 2 aromatic carbocycles. The smallest absolute Gasteiger partial charge is 0.260 e. The molecule has 2 atom stereocenters. The lowest BCUT2D eigenvalue weighted by molar-refractivity contribution is -0.139. The van der Waals surface area contributed by atoms with Crippen LogP contribution in [0.3, 0.4) is 0 Å². The highest BCUT2D eigenvalue weighted by molar-refractivity contribution is 6.30. The number of hydrogen-bond donors (Lipinski definition) is 1. The molecule has 2 aromatic rings. The Bertz CT molecular complexity index is 970. The van der Waals surface area contributed by atoms with E-state index in [9.17, 15) is 14.0 Å². The Labute approximate surface area is 199 Å². The van der Waals surface area contributed by atoms with Gasteiger partial charge in [-0.15, -0.1) is 0 Å². The second-order valence-electron chi connectivity index (χ2n) is 8.47. The van der Waals surface area contributed by atoms with Crippen LogP contribution in [0.2, 0.25) is 5.02 Å². The van der Waals surface area contributed by atoms with Crippen molar-refractivity contribution in [1.29, 1.82) is 0 Å². The van der Waals surface area contributed by atoms with Gasteiger partial charge in [-0.2, -0.15) is 0 Å². The van der Waals surface area contributed by atoms with Crippen molar-refractivity contribution in [3.8, 4) is 5.75 Å². The normalized spacial score (nSPS) is 18.8. The molecule has 0 spiro atoms. The Hall–Kier alpha value is -2.64. The van der Waals surface area contributed by atoms with Gasteiger partial charge in [0.15, 0.2) is 6.61 Å².